The minimum atomic E-state index is -4.67. The van der Waals surface area contributed by atoms with Crippen LogP contribution in [-0.4, -0.2) is 35.0 Å². The number of hydroxylamine groups is 1. The summed E-state index contributed by atoms with van der Waals surface area (Å²) in [7, 11) is 0. The van der Waals surface area contributed by atoms with Gasteiger partial charge in [0.1, 0.15) is 11.6 Å². The molecule has 0 aliphatic heterocycles. The van der Waals surface area contributed by atoms with Gasteiger partial charge in [0.15, 0.2) is 0 Å². The predicted molar refractivity (Wildman–Crippen MR) is 53.8 cm³/mol. The molecule has 2 amide bonds. The number of carbonyl (C=O) groups is 2. The van der Waals surface area contributed by atoms with Crippen LogP contribution in [0.1, 0.15) is 27.2 Å². The van der Waals surface area contributed by atoms with Gasteiger partial charge in [0.25, 0.3) is 5.91 Å². The SMILES string of the molecule is CC(C)(C)OC(=O)NC(CC(F)(F)F)C(=O)NO. The Kier molecular flexibility index (Phi) is 5.40. The molecule has 0 fully saturated rings. The Hall–Kier alpha value is -1.51. The second-order valence-corrected chi connectivity index (χ2v) is 4.49. The van der Waals surface area contributed by atoms with Gasteiger partial charge in [-0.25, -0.2) is 10.3 Å². The van der Waals surface area contributed by atoms with E-state index < -0.39 is 36.2 Å². The van der Waals surface area contributed by atoms with E-state index in [-0.39, 0.29) is 0 Å². The van der Waals surface area contributed by atoms with Gasteiger partial charge in [-0.3, -0.25) is 10.0 Å². The fourth-order valence-corrected chi connectivity index (χ4v) is 0.968. The molecule has 0 rings (SSSR count). The highest BCUT2D eigenvalue weighted by molar-refractivity contribution is 5.84. The van der Waals surface area contributed by atoms with Crippen LogP contribution < -0.4 is 10.8 Å². The average molecular weight is 272 g/mol. The lowest BCUT2D eigenvalue weighted by atomic mass is 10.2. The number of nitrogens with one attached hydrogen (secondary N) is 2. The maximum atomic E-state index is 12.1. The monoisotopic (exact) mass is 272 g/mol. The number of ether oxygens (including phenoxy) is 1. The van der Waals surface area contributed by atoms with Crippen molar-refractivity contribution >= 4 is 12.0 Å². The summed E-state index contributed by atoms with van der Waals surface area (Å²) in [5.74, 6) is -1.38. The summed E-state index contributed by atoms with van der Waals surface area (Å²) in [6, 6.07) is -1.95. The van der Waals surface area contributed by atoms with Crippen LogP contribution in [0.3, 0.4) is 0 Å². The first-order chi connectivity index (χ1) is 7.94. The number of amides is 2. The largest absolute Gasteiger partial charge is 0.444 e. The summed E-state index contributed by atoms with van der Waals surface area (Å²) < 4.78 is 41.1. The molecule has 0 aliphatic carbocycles. The van der Waals surface area contributed by atoms with Crippen molar-refractivity contribution in [3.8, 4) is 0 Å². The molecule has 0 aromatic rings. The zero-order valence-corrected chi connectivity index (χ0v) is 10.1. The molecule has 0 bridgehead atoms. The highest BCUT2D eigenvalue weighted by atomic mass is 19.4. The molecule has 106 valence electrons. The van der Waals surface area contributed by atoms with Gasteiger partial charge in [0, 0.05) is 0 Å². The van der Waals surface area contributed by atoms with E-state index >= 15 is 0 Å². The third-order valence-electron chi connectivity index (χ3n) is 1.55. The number of rotatable bonds is 3. The molecule has 0 saturated carbocycles. The van der Waals surface area contributed by atoms with Gasteiger partial charge in [-0.05, 0) is 20.8 Å². The highest BCUT2D eigenvalue weighted by Crippen LogP contribution is 2.21. The lowest BCUT2D eigenvalue weighted by Gasteiger charge is -2.23. The molecule has 0 aromatic heterocycles. The van der Waals surface area contributed by atoms with E-state index in [1.165, 1.54) is 20.8 Å². The van der Waals surface area contributed by atoms with Gasteiger partial charge < -0.3 is 10.1 Å². The first-order valence-corrected chi connectivity index (χ1v) is 4.95. The Bertz CT molecular complexity index is 312. The van der Waals surface area contributed by atoms with Crippen LogP contribution in [0.5, 0.6) is 0 Å². The molecular weight excluding hydrogens is 257 g/mol. The zero-order chi connectivity index (χ0) is 14.6. The second-order valence-electron chi connectivity index (χ2n) is 4.49. The van der Waals surface area contributed by atoms with Crippen LogP contribution >= 0.6 is 0 Å². The average Bonchev–Trinajstić information content (AvgIpc) is 2.10. The number of carbonyl (C=O) groups excluding carboxylic acids is 2. The van der Waals surface area contributed by atoms with E-state index in [0.717, 1.165) is 5.48 Å². The molecule has 18 heavy (non-hydrogen) atoms. The molecule has 1 atom stereocenters. The lowest BCUT2D eigenvalue weighted by Crippen LogP contribution is -2.49. The fourth-order valence-electron chi connectivity index (χ4n) is 0.968. The summed E-state index contributed by atoms with van der Waals surface area (Å²) in [6.07, 6.45) is -7.47. The summed E-state index contributed by atoms with van der Waals surface area (Å²) in [6.45, 7) is 4.53. The molecule has 0 radical (unpaired) electrons. The maximum absolute atomic E-state index is 12.1. The molecule has 0 saturated heterocycles. The topological polar surface area (TPSA) is 87.7 Å². The summed E-state index contributed by atoms with van der Waals surface area (Å²) >= 11 is 0. The van der Waals surface area contributed by atoms with Crippen LogP contribution in [0.15, 0.2) is 0 Å². The van der Waals surface area contributed by atoms with Crippen molar-refractivity contribution in [2.24, 2.45) is 0 Å². The maximum Gasteiger partial charge on any atom is 0.408 e. The van der Waals surface area contributed by atoms with E-state index in [9.17, 15) is 22.8 Å². The van der Waals surface area contributed by atoms with Crippen molar-refractivity contribution in [2.45, 2.75) is 45.0 Å². The van der Waals surface area contributed by atoms with Crippen molar-refractivity contribution < 1.29 is 32.7 Å². The summed E-state index contributed by atoms with van der Waals surface area (Å²) in [4.78, 5) is 22.2. The van der Waals surface area contributed by atoms with Crippen LogP contribution in [0.2, 0.25) is 0 Å². The molecule has 1 unspecified atom stereocenters. The Morgan fingerprint density at radius 3 is 2.11 bits per heavy atom. The van der Waals surface area contributed by atoms with Crippen molar-refractivity contribution in [3.05, 3.63) is 0 Å². The minimum absolute atomic E-state index is 0.914. The Morgan fingerprint density at radius 1 is 1.28 bits per heavy atom. The second kappa shape index (κ2) is 5.89. The van der Waals surface area contributed by atoms with Crippen molar-refractivity contribution in [3.63, 3.8) is 0 Å². The lowest BCUT2D eigenvalue weighted by molar-refractivity contribution is -0.152. The molecule has 0 spiro atoms. The van der Waals surface area contributed by atoms with Gasteiger partial charge >= 0.3 is 12.3 Å². The van der Waals surface area contributed by atoms with Crippen LogP contribution in [0.4, 0.5) is 18.0 Å². The summed E-state index contributed by atoms with van der Waals surface area (Å²) in [5, 5.41) is 10.0. The first-order valence-electron chi connectivity index (χ1n) is 4.95. The number of halogens is 3. The normalized spacial score (nSPS) is 13.7. The molecule has 9 heteroatoms. The fraction of sp³-hybridized carbons (Fsp3) is 0.778. The Labute approximate surface area is 101 Å². The first kappa shape index (κ1) is 16.5. The number of hydrogen-bond acceptors (Lipinski definition) is 4. The van der Waals surface area contributed by atoms with E-state index in [2.05, 4.69) is 0 Å². The van der Waals surface area contributed by atoms with E-state index in [4.69, 9.17) is 9.94 Å². The van der Waals surface area contributed by atoms with Crippen molar-refractivity contribution in [1.29, 1.82) is 0 Å². The van der Waals surface area contributed by atoms with Gasteiger partial charge in [0.2, 0.25) is 0 Å². The molecule has 0 heterocycles. The van der Waals surface area contributed by atoms with Crippen molar-refractivity contribution in [2.75, 3.05) is 0 Å². The molecule has 0 aliphatic rings. The van der Waals surface area contributed by atoms with Crippen molar-refractivity contribution in [1.82, 2.24) is 10.8 Å². The van der Waals surface area contributed by atoms with Gasteiger partial charge in [-0.2, -0.15) is 13.2 Å². The standard InChI is InChI=1S/C9H15F3N2O4/c1-8(2,3)18-7(16)13-5(6(15)14-17)4-9(10,11)12/h5,17H,4H2,1-3H3,(H,13,16)(H,14,15). The Balaban J connectivity index is 4.61. The van der Waals surface area contributed by atoms with Crippen LogP contribution in [-0.2, 0) is 9.53 Å². The van der Waals surface area contributed by atoms with Gasteiger partial charge in [-0.15, -0.1) is 0 Å². The van der Waals surface area contributed by atoms with E-state index in [0.29, 0.717) is 0 Å². The summed E-state index contributed by atoms with van der Waals surface area (Å²) in [5.41, 5.74) is 0.133. The number of hydrogen-bond donors (Lipinski definition) is 3. The Morgan fingerprint density at radius 2 is 1.78 bits per heavy atom. The molecular formula is C9H15F3N2O4. The molecule has 6 nitrogen and oxygen atoms in total. The predicted octanol–water partition coefficient (Wildman–Crippen LogP) is 1.34. The zero-order valence-electron chi connectivity index (χ0n) is 10.1. The van der Waals surface area contributed by atoms with Gasteiger partial charge in [-0.1, -0.05) is 0 Å². The molecule has 0 aromatic carbocycles. The van der Waals surface area contributed by atoms with E-state index in [1.807, 2.05) is 0 Å². The van der Waals surface area contributed by atoms with Crippen LogP contribution in [0, 0.1) is 0 Å². The highest BCUT2D eigenvalue weighted by Gasteiger charge is 2.37. The number of alkyl halides is 3. The quantitative estimate of drug-likeness (QED) is 0.534. The van der Waals surface area contributed by atoms with Gasteiger partial charge in [0.05, 0.1) is 6.42 Å². The number of alkyl carbamates (subject to hydrolysis) is 1. The smallest absolute Gasteiger partial charge is 0.408 e. The molecule has 3 N–H and O–H groups in total. The third-order valence-corrected chi connectivity index (χ3v) is 1.55. The van der Waals surface area contributed by atoms with Crippen LogP contribution in [0.25, 0.3) is 0 Å². The van der Waals surface area contributed by atoms with E-state index in [1.54, 1.807) is 5.32 Å². The minimum Gasteiger partial charge on any atom is -0.444 e. The third kappa shape index (κ3) is 7.71.